The van der Waals surface area contributed by atoms with E-state index in [1.807, 2.05) is 44.2 Å². The molecule has 3 heteroatoms. The maximum absolute atomic E-state index is 11.5. The fraction of sp³-hybridized carbons (Fsp3) is 0.429. The average molecular weight is 234 g/mol. The minimum atomic E-state index is -0.320. The Morgan fingerprint density at radius 3 is 2.47 bits per heavy atom. The summed E-state index contributed by atoms with van der Waals surface area (Å²) in [6.45, 7) is 4.11. The Morgan fingerprint density at radius 1 is 1.29 bits per heavy atom. The van der Waals surface area contributed by atoms with E-state index in [9.17, 15) is 9.59 Å². The summed E-state index contributed by atoms with van der Waals surface area (Å²) < 4.78 is 5.11. The van der Waals surface area contributed by atoms with Gasteiger partial charge in [-0.2, -0.15) is 0 Å². The molecular formula is C14H18O3. The minimum Gasteiger partial charge on any atom is -0.461 e. The van der Waals surface area contributed by atoms with Crippen LogP contribution in [-0.4, -0.2) is 12.3 Å². The van der Waals surface area contributed by atoms with Gasteiger partial charge in [-0.15, -0.1) is 0 Å². The van der Waals surface area contributed by atoms with Crippen molar-refractivity contribution < 1.29 is 14.3 Å². The molecule has 1 rings (SSSR count). The Morgan fingerprint density at radius 2 is 1.94 bits per heavy atom. The second-order valence-corrected chi connectivity index (χ2v) is 4.39. The van der Waals surface area contributed by atoms with Gasteiger partial charge in [0.25, 0.3) is 0 Å². The van der Waals surface area contributed by atoms with Crippen molar-refractivity contribution in [2.45, 2.75) is 26.9 Å². The molecule has 0 aromatic heterocycles. The molecule has 0 amide bonds. The van der Waals surface area contributed by atoms with Gasteiger partial charge in [0.1, 0.15) is 12.9 Å². The zero-order valence-corrected chi connectivity index (χ0v) is 10.3. The van der Waals surface area contributed by atoms with Gasteiger partial charge >= 0.3 is 5.97 Å². The van der Waals surface area contributed by atoms with Gasteiger partial charge in [-0.1, -0.05) is 44.2 Å². The third-order valence-electron chi connectivity index (χ3n) is 2.68. The third-order valence-corrected chi connectivity index (χ3v) is 2.68. The first-order valence-corrected chi connectivity index (χ1v) is 5.78. The highest BCUT2D eigenvalue weighted by molar-refractivity contribution is 5.73. The van der Waals surface area contributed by atoms with Gasteiger partial charge in [-0.25, -0.2) is 0 Å². The quantitative estimate of drug-likeness (QED) is 0.561. The summed E-state index contributed by atoms with van der Waals surface area (Å²) in [5, 5.41) is 0. The smallest absolute Gasteiger partial charge is 0.306 e. The van der Waals surface area contributed by atoms with Crippen molar-refractivity contribution in [2.24, 2.45) is 11.8 Å². The lowest BCUT2D eigenvalue weighted by Gasteiger charge is -2.13. The molecule has 0 aliphatic rings. The van der Waals surface area contributed by atoms with E-state index in [1.54, 1.807) is 0 Å². The highest BCUT2D eigenvalue weighted by Gasteiger charge is 2.17. The van der Waals surface area contributed by atoms with Gasteiger partial charge in [0.2, 0.25) is 0 Å². The molecule has 1 atom stereocenters. The Kier molecular flexibility index (Phi) is 5.40. The van der Waals surface area contributed by atoms with Crippen LogP contribution in [0, 0.1) is 11.8 Å². The largest absolute Gasteiger partial charge is 0.461 e. The second-order valence-electron chi connectivity index (χ2n) is 4.39. The van der Waals surface area contributed by atoms with Crippen molar-refractivity contribution in [3.05, 3.63) is 35.9 Å². The number of benzene rings is 1. The first kappa shape index (κ1) is 13.4. The van der Waals surface area contributed by atoms with Crippen LogP contribution in [0.5, 0.6) is 0 Å². The molecule has 0 heterocycles. The maximum Gasteiger partial charge on any atom is 0.306 e. The van der Waals surface area contributed by atoms with Gasteiger partial charge in [0.15, 0.2) is 0 Å². The summed E-state index contributed by atoms with van der Waals surface area (Å²) in [6.07, 6.45) is 0.989. The van der Waals surface area contributed by atoms with Crippen LogP contribution in [0.2, 0.25) is 0 Å². The standard InChI is InChI=1S/C14H18O3/c1-11(2)13(9-15)8-14(16)17-10-12-6-4-3-5-7-12/h3-7,9,11,13H,8,10H2,1-2H3/t13-/m1/s1. The molecule has 0 aliphatic heterocycles. The molecular weight excluding hydrogens is 216 g/mol. The molecule has 3 nitrogen and oxygen atoms in total. The summed E-state index contributed by atoms with van der Waals surface area (Å²) in [7, 11) is 0. The lowest BCUT2D eigenvalue weighted by Crippen LogP contribution is -2.17. The Labute approximate surface area is 102 Å². The van der Waals surface area contributed by atoms with E-state index in [1.165, 1.54) is 0 Å². The molecule has 0 saturated carbocycles. The summed E-state index contributed by atoms with van der Waals surface area (Å²) in [4.78, 5) is 22.3. The van der Waals surface area contributed by atoms with Crippen molar-refractivity contribution in [2.75, 3.05) is 0 Å². The number of ether oxygens (including phenoxy) is 1. The molecule has 0 aliphatic carbocycles. The van der Waals surface area contributed by atoms with E-state index < -0.39 is 0 Å². The van der Waals surface area contributed by atoms with Crippen LogP contribution in [0.15, 0.2) is 30.3 Å². The van der Waals surface area contributed by atoms with Crippen LogP contribution in [0.4, 0.5) is 0 Å². The van der Waals surface area contributed by atoms with E-state index in [2.05, 4.69) is 0 Å². The second kappa shape index (κ2) is 6.84. The zero-order valence-electron chi connectivity index (χ0n) is 10.3. The van der Waals surface area contributed by atoms with Crippen LogP contribution in [0.1, 0.15) is 25.8 Å². The Hall–Kier alpha value is -1.64. The zero-order chi connectivity index (χ0) is 12.7. The van der Waals surface area contributed by atoms with E-state index in [4.69, 9.17) is 4.74 Å². The van der Waals surface area contributed by atoms with Crippen LogP contribution < -0.4 is 0 Å². The number of carbonyl (C=O) groups excluding carboxylic acids is 2. The summed E-state index contributed by atoms with van der Waals surface area (Å²) >= 11 is 0. The topological polar surface area (TPSA) is 43.4 Å². The van der Waals surface area contributed by atoms with E-state index in [0.717, 1.165) is 11.8 Å². The SMILES string of the molecule is CC(C)[C@@H](C=O)CC(=O)OCc1ccccc1. The number of esters is 1. The van der Waals surface area contributed by atoms with Crippen LogP contribution in [0.3, 0.4) is 0 Å². The van der Waals surface area contributed by atoms with Gasteiger partial charge < -0.3 is 9.53 Å². The highest BCUT2D eigenvalue weighted by atomic mass is 16.5. The lowest BCUT2D eigenvalue weighted by atomic mass is 9.94. The minimum absolute atomic E-state index is 0.161. The molecule has 0 saturated heterocycles. The van der Waals surface area contributed by atoms with Crippen LogP contribution in [-0.2, 0) is 20.9 Å². The normalized spacial score (nSPS) is 12.2. The van der Waals surface area contributed by atoms with Crippen molar-refractivity contribution in [1.82, 2.24) is 0 Å². The molecule has 0 unspecified atom stereocenters. The monoisotopic (exact) mass is 234 g/mol. The predicted molar refractivity (Wildman–Crippen MR) is 65.2 cm³/mol. The molecule has 0 N–H and O–H groups in total. The van der Waals surface area contributed by atoms with Gasteiger partial charge in [-0.05, 0) is 11.5 Å². The van der Waals surface area contributed by atoms with Gasteiger partial charge in [-0.3, -0.25) is 4.79 Å². The molecule has 17 heavy (non-hydrogen) atoms. The van der Waals surface area contributed by atoms with Crippen LogP contribution >= 0.6 is 0 Å². The summed E-state index contributed by atoms with van der Waals surface area (Å²) in [6, 6.07) is 9.49. The molecule has 0 fully saturated rings. The number of hydrogen-bond donors (Lipinski definition) is 0. The van der Waals surface area contributed by atoms with Crippen LogP contribution in [0.25, 0.3) is 0 Å². The van der Waals surface area contributed by atoms with Gasteiger partial charge in [0, 0.05) is 5.92 Å². The fourth-order valence-electron chi connectivity index (χ4n) is 1.43. The van der Waals surface area contributed by atoms with E-state index >= 15 is 0 Å². The Bertz CT molecular complexity index is 357. The maximum atomic E-state index is 11.5. The van der Waals surface area contributed by atoms with Crippen molar-refractivity contribution in [3.63, 3.8) is 0 Å². The molecule has 0 radical (unpaired) electrons. The lowest BCUT2D eigenvalue weighted by molar-refractivity contribution is -0.147. The van der Waals surface area contributed by atoms with Crippen molar-refractivity contribution in [1.29, 1.82) is 0 Å². The fourth-order valence-corrected chi connectivity index (χ4v) is 1.43. The van der Waals surface area contributed by atoms with E-state index in [0.29, 0.717) is 0 Å². The number of rotatable bonds is 6. The summed E-state index contributed by atoms with van der Waals surface area (Å²) in [5.41, 5.74) is 0.952. The number of aldehydes is 1. The predicted octanol–water partition coefficient (Wildman–Crippen LogP) is 2.59. The van der Waals surface area contributed by atoms with Crippen molar-refractivity contribution >= 4 is 12.3 Å². The molecule has 0 spiro atoms. The first-order chi connectivity index (χ1) is 8.13. The molecule has 1 aromatic carbocycles. The van der Waals surface area contributed by atoms with Gasteiger partial charge in [0.05, 0.1) is 6.42 Å². The molecule has 92 valence electrons. The number of hydrogen-bond acceptors (Lipinski definition) is 3. The first-order valence-electron chi connectivity index (χ1n) is 5.78. The highest BCUT2D eigenvalue weighted by Crippen LogP contribution is 2.13. The average Bonchev–Trinajstić information content (AvgIpc) is 2.34. The van der Waals surface area contributed by atoms with Crippen molar-refractivity contribution in [3.8, 4) is 0 Å². The Balaban J connectivity index is 2.37. The molecule has 0 bridgehead atoms. The third kappa shape index (κ3) is 4.81. The molecule has 1 aromatic rings. The summed E-state index contributed by atoms with van der Waals surface area (Å²) in [5.74, 6) is -0.408. The number of carbonyl (C=O) groups is 2. The van der Waals surface area contributed by atoms with E-state index in [-0.39, 0.29) is 30.8 Å².